The maximum absolute atomic E-state index is 13.0. The number of likely N-dealkylation sites (tertiary alicyclic amines) is 1. The van der Waals surface area contributed by atoms with Crippen LogP contribution in [-0.2, 0) is 22.6 Å². The number of para-hydroxylation sites is 1. The van der Waals surface area contributed by atoms with Gasteiger partial charge in [-0.3, -0.25) is 14.5 Å². The van der Waals surface area contributed by atoms with E-state index in [1.165, 1.54) is 6.26 Å². The molecule has 1 aliphatic rings. The van der Waals surface area contributed by atoms with Gasteiger partial charge in [-0.1, -0.05) is 18.2 Å². The van der Waals surface area contributed by atoms with E-state index in [2.05, 4.69) is 23.7 Å². The zero-order chi connectivity index (χ0) is 23.1. The third kappa shape index (κ3) is 5.88. The van der Waals surface area contributed by atoms with E-state index in [1.807, 2.05) is 24.3 Å². The lowest BCUT2D eigenvalue weighted by molar-refractivity contribution is -0.149. The summed E-state index contributed by atoms with van der Waals surface area (Å²) in [5.41, 5.74) is 1.34. The third-order valence-electron chi connectivity index (χ3n) is 5.73. The molecule has 1 amide bonds. The Morgan fingerprint density at radius 1 is 1.28 bits per heavy atom. The summed E-state index contributed by atoms with van der Waals surface area (Å²) < 4.78 is 16.2. The van der Waals surface area contributed by atoms with Gasteiger partial charge >= 0.3 is 5.97 Å². The summed E-state index contributed by atoms with van der Waals surface area (Å²) in [5, 5.41) is 0. The van der Waals surface area contributed by atoms with E-state index in [4.69, 9.17) is 13.9 Å². The van der Waals surface area contributed by atoms with Crippen LogP contribution in [0.2, 0.25) is 0 Å². The summed E-state index contributed by atoms with van der Waals surface area (Å²) in [4.78, 5) is 33.4. The van der Waals surface area contributed by atoms with Crippen molar-refractivity contribution in [3.8, 4) is 5.75 Å². The van der Waals surface area contributed by atoms with Gasteiger partial charge in [0.15, 0.2) is 5.69 Å². The van der Waals surface area contributed by atoms with Gasteiger partial charge in [-0.25, -0.2) is 4.98 Å². The van der Waals surface area contributed by atoms with Crippen LogP contribution >= 0.6 is 0 Å². The number of ether oxygens (including phenoxy) is 2. The highest BCUT2D eigenvalue weighted by atomic mass is 16.5. The Bertz CT molecular complexity index is 911. The van der Waals surface area contributed by atoms with Crippen molar-refractivity contribution in [3.63, 3.8) is 0 Å². The molecule has 1 atom stereocenters. The average molecular weight is 444 g/mol. The lowest BCUT2D eigenvalue weighted by Crippen LogP contribution is -2.43. The highest BCUT2D eigenvalue weighted by Crippen LogP contribution is 2.23. The summed E-state index contributed by atoms with van der Waals surface area (Å²) in [6, 6.07) is 8.15. The molecule has 0 saturated carbocycles. The fraction of sp³-hybridized carbons (Fsp3) is 0.542. The number of amides is 1. The molecule has 2 heterocycles. The molecule has 1 aromatic heterocycles. The van der Waals surface area contributed by atoms with E-state index in [-0.39, 0.29) is 29.5 Å². The van der Waals surface area contributed by atoms with Crippen LogP contribution in [0.15, 0.2) is 34.9 Å². The number of esters is 1. The number of benzene rings is 1. The monoisotopic (exact) mass is 443 g/mol. The topological polar surface area (TPSA) is 85.1 Å². The van der Waals surface area contributed by atoms with Crippen molar-refractivity contribution < 1.29 is 23.5 Å². The molecule has 1 unspecified atom stereocenters. The molecule has 2 aromatic rings. The fourth-order valence-corrected chi connectivity index (χ4v) is 3.91. The van der Waals surface area contributed by atoms with Crippen molar-refractivity contribution in [2.24, 2.45) is 5.92 Å². The highest BCUT2D eigenvalue weighted by Gasteiger charge is 2.31. The van der Waals surface area contributed by atoms with Crippen molar-refractivity contribution in [1.82, 2.24) is 14.8 Å². The minimum atomic E-state index is -0.281. The number of carbonyl (C=O) groups is 2. The van der Waals surface area contributed by atoms with E-state index in [9.17, 15) is 9.59 Å². The summed E-state index contributed by atoms with van der Waals surface area (Å²) in [6.07, 6.45) is 2.91. The average Bonchev–Trinajstić information content (AvgIpc) is 3.27. The first-order valence-corrected chi connectivity index (χ1v) is 11.2. The van der Waals surface area contributed by atoms with Crippen LogP contribution in [0, 0.1) is 5.92 Å². The lowest BCUT2D eigenvalue weighted by Gasteiger charge is -2.30. The van der Waals surface area contributed by atoms with Gasteiger partial charge in [-0.2, -0.15) is 0 Å². The smallest absolute Gasteiger partial charge is 0.310 e. The van der Waals surface area contributed by atoms with Crippen molar-refractivity contribution in [3.05, 3.63) is 47.7 Å². The maximum Gasteiger partial charge on any atom is 0.310 e. The first kappa shape index (κ1) is 23.8. The summed E-state index contributed by atoms with van der Waals surface area (Å²) in [6.45, 7) is 8.43. The van der Waals surface area contributed by atoms with Crippen molar-refractivity contribution in [1.29, 1.82) is 0 Å². The zero-order valence-corrected chi connectivity index (χ0v) is 19.4. The first-order chi connectivity index (χ1) is 15.4. The summed E-state index contributed by atoms with van der Waals surface area (Å²) in [5.74, 6) is 0.583. The minimum Gasteiger partial charge on any atom is -0.496 e. The van der Waals surface area contributed by atoms with Crippen LogP contribution in [0.25, 0.3) is 0 Å². The molecule has 1 aliphatic heterocycles. The van der Waals surface area contributed by atoms with Gasteiger partial charge in [-0.15, -0.1) is 0 Å². The lowest BCUT2D eigenvalue weighted by atomic mass is 9.98. The Hall–Kier alpha value is -2.87. The van der Waals surface area contributed by atoms with Crippen LogP contribution in [0.5, 0.6) is 5.75 Å². The first-order valence-electron chi connectivity index (χ1n) is 11.2. The molecule has 0 spiro atoms. The SMILES string of the molecule is CCOC(=O)C1CCCN(C(=O)c2coc(CN(Cc3ccccc3OC)C(C)C)n2)C1. The Kier molecular flexibility index (Phi) is 8.27. The molecule has 1 fully saturated rings. The Morgan fingerprint density at radius 2 is 2.06 bits per heavy atom. The normalized spacial score (nSPS) is 16.4. The van der Waals surface area contributed by atoms with E-state index in [1.54, 1.807) is 18.9 Å². The number of aromatic nitrogens is 1. The number of piperidine rings is 1. The van der Waals surface area contributed by atoms with Crippen molar-refractivity contribution >= 4 is 11.9 Å². The van der Waals surface area contributed by atoms with Crippen LogP contribution < -0.4 is 4.74 Å². The van der Waals surface area contributed by atoms with Crippen LogP contribution in [0.3, 0.4) is 0 Å². The quantitative estimate of drug-likeness (QED) is 0.548. The van der Waals surface area contributed by atoms with Crippen molar-refractivity contribution in [2.45, 2.75) is 52.7 Å². The molecule has 1 saturated heterocycles. The molecule has 0 bridgehead atoms. The van der Waals surface area contributed by atoms with Crippen LogP contribution in [0.1, 0.15) is 55.6 Å². The van der Waals surface area contributed by atoms with Gasteiger partial charge in [0.1, 0.15) is 12.0 Å². The van der Waals surface area contributed by atoms with Crippen LogP contribution in [-0.4, -0.2) is 59.5 Å². The van der Waals surface area contributed by atoms with Gasteiger partial charge in [0.25, 0.3) is 5.91 Å². The summed E-state index contributed by atoms with van der Waals surface area (Å²) >= 11 is 0. The molecular weight excluding hydrogens is 410 g/mol. The third-order valence-corrected chi connectivity index (χ3v) is 5.73. The maximum atomic E-state index is 13.0. The molecule has 0 aliphatic carbocycles. The van der Waals surface area contributed by atoms with E-state index in [0.717, 1.165) is 24.2 Å². The molecule has 32 heavy (non-hydrogen) atoms. The molecule has 174 valence electrons. The van der Waals surface area contributed by atoms with Crippen molar-refractivity contribution in [2.75, 3.05) is 26.8 Å². The molecule has 8 heteroatoms. The van der Waals surface area contributed by atoms with E-state index in [0.29, 0.717) is 38.7 Å². The number of nitrogens with zero attached hydrogens (tertiary/aromatic N) is 3. The van der Waals surface area contributed by atoms with E-state index < -0.39 is 0 Å². The molecule has 0 radical (unpaired) electrons. The minimum absolute atomic E-state index is 0.213. The molecule has 3 rings (SSSR count). The Balaban J connectivity index is 1.66. The molecular formula is C24H33N3O5. The highest BCUT2D eigenvalue weighted by molar-refractivity contribution is 5.92. The standard InChI is InChI=1S/C24H33N3O5/c1-5-31-24(29)19-10-8-12-26(14-19)23(28)20-16-32-22(25-20)15-27(17(2)3)13-18-9-6-7-11-21(18)30-4/h6-7,9,11,16-17,19H,5,8,10,12-15H2,1-4H3. The molecule has 1 aromatic carbocycles. The molecule has 8 nitrogen and oxygen atoms in total. The van der Waals surface area contributed by atoms with Gasteiger partial charge in [0.05, 0.1) is 26.2 Å². The van der Waals surface area contributed by atoms with Gasteiger partial charge in [0.2, 0.25) is 5.89 Å². The number of carbonyl (C=O) groups excluding carboxylic acids is 2. The number of methoxy groups -OCH3 is 1. The van der Waals surface area contributed by atoms with Crippen LogP contribution in [0.4, 0.5) is 0 Å². The number of oxazole rings is 1. The number of rotatable bonds is 9. The van der Waals surface area contributed by atoms with Gasteiger partial charge < -0.3 is 18.8 Å². The largest absolute Gasteiger partial charge is 0.496 e. The van der Waals surface area contributed by atoms with Gasteiger partial charge in [-0.05, 0) is 39.7 Å². The summed E-state index contributed by atoms with van der Waals surface area (Å²) in [7, 11) is 1.66. The number of hydrogen-bond donors (Lipinski definition) is 0. The van der Waals surface area contributed by atoms with E-state index >= 15 is 0 Å². The second-order valence-electron chi connectivity index (χ2n) is 8.28. The second-order valence-corrected chi connectivity index (χ2v) is 8.28. The van der Waals surface area contributed by atoms with Gasteiger partial charge in [0, 0.05) is 31.2 Å². The number of hydrogen-bond acceptors (Lipinski definition) is 7. The fourth-order valence-electron chi connectivity index (χ4n) is 3.91. The zero-order valence-electron chi connectivity index (χ0n) is 19.4. The Morgan fingerprint density at radius 3 is 2.78 bits per heavy atom. The predicted octanol–water partition coefficient (Wildman–Crippen LogP) is 3.51. The predicted molar refractivity (Wildman–Crippen MR) is 119 cm³/mol. The molecule has 0 N–H and O–H groups in total. The Labute approximate surface area is 189 Å². The second kappa shape index (κ2) is 11.1.